The van der Waals surface area contributed by atoms with Crippen molar-refractivity contribution in [1.82, 2.24) is 4.57 Å². The molecule has 0 aliphatic carbocycles. The summed E-state index contributed by atoms with van der Waals surface area (Å²) in [5.41, 5.74) is 1.14. The van der Waals surface area contributed by atoms with Crippen molar-refractivity contribution in [3.8, 4) is 6.07 Å². The summed E-state index contributed by atoms with van der Waals surface area (Å²) >= 11 is 0. The van der Waals surface area contributed by atoms with E-state index in [9.17, 15) is 4.79 Å². The molecule has 80 valence electrons. The molecule has 1 aromatic heterocycles. The van der Waals surface area contributed by atoms with Crippen LogP contribution in [0, 0.1) is 11.3 Å². The molecule has 0 unspecified atom stereocenters. The van der Waals surface area contributed by atoms with Gasteiger partial charge in [-0.15, -0.1) is 0 Å². The fraction of sp³-hybridized carbons (Fsp3) is 0.167. The summed E-state index contributed by atoms with van der Waals surface area (Å²) in [6.07, 6.45) is 1.96. The van der Waals surface area contributed by atoms with Gasteiger partial charge in [-0.25, -0.2) is 4.79 Å². The van der Waals surface area contributed by atoms with Crippen LogP contribution in [0.3, 0.4) is 0 Å². The normalized spacial score (nSPS) is 10.2. The highest BCUT2D eigenvalue weighted by molar-refractivity contribution is 6.03. The van der Waals surface area contributed by atoms with Crippen molar-refractivity contribution in [2.75, 3.05) is 0 Å². The Morgan fingerprint density at radius 1 is 1.44 bits per heavy atom. The molecule has 0 atom stereocenters. The molecule has 16 heavy (non-hydrogen) atoms. The van der Waals surface area contributed by atoms with Gasteiger partial charge in [0.05, 0.1) is 18.1 Å². The minimum Gasteiger partial charge on any atom is -0.478 e. The number of fused-ring (bicyclic) bond motifs is 1. The molecule has 0 saturated heterocycles. The predicted octanol–water partition coefficient (Wildman–Crippen LogP) is 2.25. The minimum absolute atomic E-state index is 0.286. The molecule has 1 N–H and O–H groups in total. The fourth-order valence-corrected chi connectivity index (χ4v) is 1.77. The van der Waals surface area contributed by atoms with Crippen LogP contribution < -0.4 is 0 Å². The summed E-state index contributed by atoms with van der Waals surface area (Å²) in [4.78, 5) is 11.0. The van der Waals surface area contributed by atoms with Crippen molar-refractivity contribution in [2.24, 2.45) is 0 Å². The topological polar surface area (TPSA) is 66.0 Å². The van der Waals surface area contributed by atoms with E-state index in [1.165, 1.54) is 0 Å². The summed E-state index contributed by atoms with van der Waals surface area (Å²) in [6.45, 7) is 0.518. The molecule has 0 saturated carbocycles. The van der Waals surface area contributed by atoms with Gasteiger partial charge in [0.25, 0.3) is 0 Å². The molecule has 0 aliphatic rings. The van der Waals surface area contributed by atoms with Crippen LogP contribution >= 0.6 is 0 Å². The number of aryl methyl sites for hydroxylation is 1. The third-order valence-corrected chi connectivity index (χ3v) is 2.48. The number of hydrogen-bond donors (Lipinski definition) is 1. The molecule has 1 aromatic carbocycles. The standard InChI is InChI=1S/C12H10N2O2/c13-6-3-7-14-8-10(12(15)16)9-4-1-2-5-11(9)14/h1-2,4-5,8H,3,7H2,(H,15,16). The Morgan fingerprint density at radius 2 is 2.19 bits per heavy atom. The van der Waals surface area contributed by atoms with Gasteiger partial charge in [0.15, 0.2) is 0 Å². The van der Waals surface area contributed by atoms with E-state index in [0.717, 1.165) is 5.52 Å². The summed E-state index contributed by atoms with van der Waals surface area (Å²) in [7, 11) is 0. The number of hydrogen-bond acceptors (Lipinski definition) is 2. The summed E-state index contributed by atoms with van der Waals surface area (Å²) in [6, 6.07) is 9.36. The lowest BCUT2D eigenvalue weighted by atomic mass is 10.2. The van der Waals surface area contributed by atoms with Gasteiger partial charge in [0, 0.05) is 23.6 Å². The second-order valence-corrected chi connectivity index (χ2v) is 3.47. The zero-order valence-corrected chi connectivity index (χ0v) is 8.55. The average molecular weight is 214 g/mol. The molecule has 0 fully saturated rings. The number of nitriles is 1. The van der Waals surface area contributed by atoms with Gasteiger partial charge < -0.3 is 9.67 Å². The average Bonchev–Trinajstić information content (AvgIpc) is 2.65. The van der Waals surface area contributed by atoms with Crippen molar-refractivity contribution >= 4 is 16.9 Å². The van der Waals surface area contributed by atoms with Gasteiger partial charge in [-0.3, -0.25) is 0 Å². The molecule has 1 heterocycles. The molecule has 4 heteroatoms. The maximum absolute atomic E-state index is 11.0. The maximum atomic E-state index is 11.0. The summed E-state index contributed by atoms with van der Waals surface area (Å²) in [5, 5.41) is 18.3. The SMILES string of the molecule is N#CCCn1cc(C(=O)O)c2ccccc21. The summed E-state index contributed by atoms with van der Waals surface area (Å²) < 4.78 is 1.81. The zero-order chi connectivity index (χ0) is 11.5. The number of para-hydroxylation sites is 1. The van der Waals surface area contributed by atoms with Crippen molar-refractivity contribution < 1.29 is 9.90 Å². The van der Waals surface area contributed by atoms with Crippen molar-refractivity contribution in [1.29, 1.82) is 5.26 Å². The highest BCUT2D eigenvalue weighted by Crippen LogP contribution is 2.21. The molecule has 0 bridgehead atoms. The van der Waals surface area contributed by atoms with E-state index < -0.39 is 5.97 Å². The number of carboxylic acids is 1. The molecule has 0 spiro atoms. The zero-order valence-electron chi connectivity index (χ0n) is 8.55. The van der Waals surface area contributed by atoms with Gasteiger partial charge in [0.1, 0.15) is 0 Å². The molecule has 2 rings (SSSR count). The second kappa shape index (κ2) is 4.07. The Hall–Kier alpha value is -2.28. The third-order valence-electron chi connectivity index (χ3n) is 2.48. The number of benzene rings is 1. The first kappa shape index (κ1) is 10.2. The first-order valence-electron chi connectivity index (χ1n) is 4.92. The molecule has 0 amide bonds. The monoisotopic (exact) mass is 214 g/mol. The van der Waals surface area contributed by atoms with Gasteiger partial charge in [-0.05, 0) is 6.07 Å². The van der Waals surface area contributed by atoms with Crippen molar-refractivity contribution in [3.63, 3.8) is 0 Å². The molecular formula is C12H10N2O2. The number of nitrogens with zero attached hydrogens (tertiary/aromatic N) is 2. The highest BCUT2D eigenvalue weighted by Gasteiger charge is 2.12. The van der Waals surface area contributed by atoms with Crippen LogP contribution in [0.25, 0.3) is 10.9 Å². The van der Waals surface area contributed by atoms with Crippen molar-refractivity contribution in [2.45, 2.75) is 13.0 Å². The van der Waals surface area contributed by atoms with Crippen LogP contribution in [-0.4, -0.2) is 15.6 Å². The number of carboxylic acid groups (broad SMARTS) is 1. The Kier molecular flexibility index (Phi) is 2.61. The van der Waals surface area contributed by atoms with Gasteiger partial charge in [-0.1, -0.05) is 18.2 Å². The smallest absolute Gasteiger partial charge is 0.337 e. The van der Waals surface area contributed by atoms with E-state index in [2.05, 4.69) is 6.07 Å². The van der Waals surface area contributed by atoms with Gasteiger partial charge in [0.2, 0.25) is 0 Å². The molecular weight excluding hydrogens is 204 g/mol. The van der Waals surface area contributed by atoms with Crippen LogP contribution in [-0.2, 0) is 6.54 Å². The van der Waals surface area contributed by atoms with E-state index in [-0.39, 0.29) is 5.56 Å². The number of aromatic carboxylic acids is 1. The minimum atomic E-state index is -0.938. The fourth-order valence-electron chi connectivity index (χ4n) is 1.77. The van der Waals surface area contributed by atoms with Crippen LogP contribution in [0.1, 0.15) is 16.8 Å². The third kappa shape index (κ3) is 1.63. The van der Waals surface area contributed by atoms with E-state index in [0.29, 0.717) is 18.4 Å². The molecule has 2 aromatic rings. The van der Waals surface area contributed by atoms with E-state index in [1.54, 1.807) is 12.3 Å². The van der Waals surface area contributed by atoms with E-state index >= 15 is 0 Å². The van der Waals surface area contributed by atoms with E-state index in [1.807, 2.05) is 22.8 Å². The largest absolute Gasteiger partial charge is 0.478 e. The Balaban J connectivity index is 2.58. The maximum Gasteiger partial charge on any atom is 0.337 e. The number of rotatable bonds is 3. The Morgan fingerprint density at radius 3 is 2.88 bits per heavy atom. The second-order valence-electron chi connectivity index (χ2n) is 3.47. The molecule has 4 nitrogen and oxygen atoms in total. The van der Waals surface area contributed by atoms with Crippen LogP contribution in [0.5, 0.6) is 0 Å². The highest BCUT2D eigenvalue weighted by atomic mass is 16.4. The Labute approximate surface area is 92.3 Å². The molecule has 0 aliphatic heterocycles. The number of carbonyl (C=O) groups is 1. The first-order valence-corrected chi connectivity index (χ1v) is 4.92. The first-order chi connectivity index (χ1) is 7.74. The summed E-state index contributed by atoms with van der Waals surface area (Å²) in [5.74, 6) is -0.938. The lowest BCUT2D eigenvalue weighted by Gasteiger charge is -2.00. The number of aromatic nitrogens is 1. The van der Waals surface area contributed by atoms with Crippen LogP contribution in [0.4, 0.5) is 0 Å². The predicted molar refractivity (Wildman–Crippen MR) is 59.1 cm³/mol. The van der Waals surface area contributed by atoms with Crippen LogP contribution in [0.15, 0.2) is 30.5 Å². The van der Waals surface area contributed by atoms with Gasteiger partial charge in [-0.2, -0.15) is 5.26 Å². The Bertz CT molecular complexity index is 578. The van der Waals surface area contributed by atoms with Crippen LogP contribution in [0.2, 0.25) is 0 Å². The van der Waals surface area contributed by atoms with Crippen molar-refractivity contribution in [3.05, 3.63) is 36.0 Å². The lowest BCUT2D eigenvalue weighted by Crippen LogP contribution is -1.96. The van der Waals surface area contributed by atoms with Gasteiger partial charge >= 0.3 is 5.97 Å². The lowest BCUT2D eigenvalue weighted by molar-refractivity contribution is 0.0699. The van der Waals surface area contributed by atoms with E-state index in [4.69, 9.17) is 10.4 Å². The molecule has 0 radical (unpaired) electrons. The quantitative estimate of drug-likeness (QED) is 0.852.